The van der Waals surface area contributed by atoms with Crippen LogP contribution in [0.2, 0.25) is 0 Å². The average Bonchev–Trinajstić information content (AvgIpc) is 3.26. The lowest BCUT2D eigenvalue weighted by Gasteiger charge is -2.11. The maximum absolute atomic E-state index is 12.8. The summed E-state index contributed by atoms with van der Waals surface area (Å²) in [6.07, 6.45) is 1.42. The van der Waals surface area contributed by atoms with Gasteiger partial charge in [-0.25, -0.2) is 5.43 Å². The lowest BCUT2D eigenvalue weighted by molar-refractivity contribution is 0.0955. The predicted molar refractivity (Wildman–Crippen MR) is 118 cm³/mol. The minimum Gasteiger partial charge on any atom is -0.454 e. The molecule has 0 aliphatic carbocycles. The van der Waals surface area contributed by atoms with Crippen LogP contribution in [0.15, 0.2) is 70.7 Å². The second-order valence-corrected chi connectivity index (χ2v) is 8.48. The van der Waals surface area contributed by atoms with Gasteiger partial charge in [0.1, 0.15) is 10.6 Å². The molecule has 0 saturated carbocycles. The first-order chi connectivity index (χ1) is 15.9. The summed E-state index contributed by atoms with van der Waals surface area (Å²) in [5.41, 5.74) is 4.16. The minimum absolute atomic E-state index is 0.0178. The number of ether oxygens (including phenoxy) is 2. The van der Waals surface area contributed by atoms with Gasteiger partial charge >= 0.3 is 10.1 Å². The molecular formula is C23H17N3O6S. The number of hydrogen-bond acceptors (Lipinski definition) is 8. The Bertz CT molecular complexity index is 1390. The Morgan fingerprint density at radius 2 is 1.85 bits per heavy atom. The van der Waals surface area contributed by atoms with Crippen LogP contribution in [0.1, 0.15) is 27.0 Å². The first-order valence-electron chi connectivity index (χ1n) is 9.64. The van der Waals surface area contributed by atoms with Crippen LogP contribution in [-0.4, -0.2) is 27.3 Å². The van der Waals surface area contributed by atoms with E-state index in [0.29, 0.717) is 28.2 Å². The Morgan fingerprint density at radius 1 is 1.12 bits per heavy atom. The largest absolute Gasteiger partial charge is 0.454 e. The zero-order valence-electron chi connectivity index (χ0n) is 17.3. The van der Waals surface area contributed by atoms with Gasteiger partial charge < -0.3 is 13.7 Å². The third-order valence-corrected chi connectivity index (χ3v) is 6.05. The van der Waals surface area contributed by atoms with Crippen LogP contribution in [0.3, 0.4) is 0 Å². The van der Waals surface area contributed by atoms with E-state index in [9.17, 15) is 13.2 Å². The topological polar surface area (TPSA) is 127 Å². The summed E-state index contributed by atoms with van der Waals surface area (Å²) >= 11 is 0. The summed E-state index contributed by atoms with van der Waals surface area (Å²) in [7, 11) is -4.19. The van der Waals surface area contributed by atoms with Crippen molar-refractivity contribution in [3.05, 3.63) is 82.9 Å². The molecule has 10 heteroatoms. The van der Waals surface area contributed by atoms with Gasteiger partial charge in [-0.15, -0.1) is 0 Å². The first-order valence-corrected chi connectivity index (χ1v) is 11.0. The molecule has 1 N–H and O–H groups in total. The Hall–Kier alpha value is -4.36. The highest BCUT2D eigenvalue weighted by molar-refractivity contribution is 7.87. The monoisotopic (exact) mass is 463 g/mol. The molecule has 3 aromatic rings. The van der Waals surface area contributed by atoms with E-state index in [4.69, 9.17) is 18.9 Å². The number of aryl methyl sites for hydroxylation is 1. The first kappa shape index (κ1) is 21.9. The molecule has 166 valence electrons. The fourth-order valence-electron chi connectivity index (χ4n) is 3.03. The molecule has 1 heterocycles. The zero-order valence-corrected chi connectivity index (χ0v) is 18.1. The van der Waals surface area contributed by atoms with Crippen LogP contribution in [-0.2, 0) is 10.1 Å². The van der Waals surface area contributed by atoms with Gasteiger partial charge in [0.25, 0.3) is 5.91 Å². The molecule has 0 saturated heterocycles. The summed E-state index contributed by atoms with van der Waals surface area (Å²) in [4.78, 5) is 12.3. The third-order valence-electron chi connectivity index (χ3n) is 4.66. The Labute approximate surface area is 190 Å². The molecule has 0 unspecified atom stereocenters. The van der Waals surface area contributed by atoms with Crippen molar-refractivity contribution in [3.63, 3.8) is 0 Å². The molecule has 9 nitrogen and oxygen atoms in total. The van der Waals surface area contributed by atoms with Crippen LogP contribution < -0.4 is 19.1 Å². The molecule has 0 atom stereocenters. The second kappa shape index (κ2) is 9.02. The molecule has 0 bridgehead atoms. The summed E-state index contributed by atoms with van der Waals surface area (Å²) in [6.45, 7) is 1.64. The van der Waals surface area contributed by atoms with Crippen molar-refractivity contribution in [2.24, 2.45) is 5.10 Å². The van der Waals surface area contributed by atoms with Gasteiger partial charge in [-0.1, -0.05) is 18.2 Å². The van der Waals surface area contributed by atoms with Crippen LogP contribution in [0.5, 0.6) is 17.2 Å². The molecule has 4 rings (SSSR count). The highest BCUT2D eigenvalue weighted by Gasteiger charge is 2.25. The minimum atomic E-state index is -4.19. The number of nitrogens with one attached hydrogen (secondary N) is 1. The smallest absolute Gasteiger partial charge is 0.339 e. The van der Waals surface area contributed by atoms with E-state index in [1.165, 1.54) is 36.5 Å². The summed E-state index contributed by atoms with van der Waals surface area (Å²) in [6, 6.07) is 17.3. The number of hydrazone groups is 1. The number of nitrogens with zero attached hydrogens (tertiary/aromatic N) is 2. The third kappa shape index (κ3) is 4.94. The van der Waals surface area contributed by atoms with Gasteiger partial charge in [-0.3, -0.25) is 4.79 Å². The van der Waals surface area contributed by atoms with Crippen molar-refractivity contribution in [2.45, 2.75) is 11.8 Å². The molecule has 0 aromatic heterocycles. The average molecular weight is 463 g/mol. The van der Waals surface area contributed by atoms with Crippen molar-refractivity contribution >= 4 is 22.2 Å². The molecule has 1 amide bonds. The fraction of sp³-hybridized carbons (Fsp3) is 0.0870. The van der Waals surface area contributed by atoms with Crippen molar-refractivity contribution in [1.82, 2.24) is 5.43 Å². The van der Waals surface area contributed by atoms with E-state index < -0.39 is 16.0 Å². The predicted octanol–water partition coefficient (Wildman–Crippen LogP) is 3.13. The van der Waals surface area contributed by atoms with E-state index >= 15 is 0 Å². The number of carbonyl (C=O) groups excluding carboxylic acids is 1. The summed E-state index contributed by atoms with van der Waals surface area (Å²) in [5, 5.41) is 12.7. The Kier molecular flexibility index (Phi) is 5.97. The molecule has 1 aliphatic heterocycles. The summed E-state index contributed by atoms with van der Waals surface area (Å²) < 4.78 is 41.4. The normalized spacial score (nSPS) is 12.4. The van der Waals surface area contributed by atoms with E-state index in [2.05, 4.69) is 10.5 Å². The van der Waals surface area contributed by atoms with Gasteiger partial charge in [0, 0.05) is 11.6 Å². The highest BCUT2D eigenvalue weighted by atomic mass is 32.2. The van der Waals surface area contributed by atoms with Crippen LogP contribution >= 0.6 is 0 Å². The van der Waals surface area contributed by atoms with Gasteiger partial charge in [-0.05, 0) is 54.4 Å². The quantitative estimate of drug-likeness (QED) is 0.338. The number of carbonyl (C=O) groups is 1. The second-order valence-electron chi connectivity index (χ2n) is 6.97. The maximum atomic E-state index is 12.8. The van der Waals surface area contributed by atoms with Crippen LogP contribution in [0, 0.1) is 18.3 Å². The maximum Gasteiger partial charge on any atom is 0.339 e. The number of amides is 1. The molecule has 0 fully saturated rings. The molecule has 33 heavy (non-hydrogen) atoms. The van der Waals surface area contributed by atoms with Crippen molar-refractivity contribution < 1.29 is 26.9 Å². The van der Waals surface area contributed by atoms with E-state index in [1.807, 2.05) is 6.07 Å². The Balaban J connectivity index is 1.46. The standard InChI is InChI=1S/C23H17N3O6S/c1-15-9-20-21(31-14-30-20)11-22(15)33(28,29)32-19-4-2-3-18(10-19)23(27)26-25-13-17-7-5-16(12-24)6-8-17/h2-11,13H,14H2,1H3,(H,26,27)/b25-13-. The molecule has 0 spiro atoms. The Morgan fingerprint density at radius 3 is 2.58 bits per heavy atom. The lowest BCUT2D eigenvalue weighted by atomic mass is 10.2. The van der Waals surface area contributed by atoms with Crippen molar-refractivity contribution in [1.29, 1.82) is 5.26 Å². The van der Waals surface area contributed by atoms with E-state index in [-0.39, 0.29) is 23.0 Å². The van der Waals surface area contributed by atoms with Crippen molar-refractivity contribution in [3.8, 4) is 23.3 Å². The molecular weight excluding hydrogens is 446 g/mol. The molecule has 0 radical (unpaired) electrons. The van der Waals surface area contributed by atoms with Gasteiger partial charge in [-0.2, -0.15) is 18.8 Å². The number of benzene rings is 3. The zero-order chi connectivity index (χ0) is 23.4. The number of nitriles is 1. The summed E-state index contributed by atoms with van der Waals surface area (Å²) in [5.74, 6) is 0.195. The van der Waals surface area contributed by atoms with Gasteiger partial charge in [0.15, 0.2) is 11.5 Å². The fourth-order valence-corrected chi connectivity index (χ4v) is 4.18. The van der Waals surface area contributed by atoms with Crippen LogP contribution in [0.25, 0.3) is 0 Å². The number of fused-ring (bicyclic) bond motifs is 1. The van der Waals surface area contributed by atoms with Crippen molar-refractivity contribution in [2.75, 3.05) is 6.79 Å². The van der Waals surface area contributed by atoms with E-state index in [0.717, 1.165) is 0 Å². The van der Waals surface area contributed by atoms with Gasteiger partial charge in [0.05, 0.1) is 17.8 Å². The molecule has 1 aliphatic rings. The van der Waals surface area contributed by atoms with E-state index in [1.54, 1.807) is 37.3 Å². The lowest BCUT2D eigenvalue weighted by Crippen LogP contribution is -2.18. The number of hydrogen-bond donors (Lipinski definition) is 1. The van der Waals surface area contributed by atoms with Gasteiger partial charge in [0.2, 0.25) is 6.79 Å². The van der Waals surface area contributed by atoms with Crippen LogP contribution in [0.4, 0.5) is 0 Å². The highest BCUT2D eigenvalue weighted by Crippen LogP contribution is 2.36. The number of rotatable bonds is 6. The molecule has 3 aromatic carbocycles. The SMILES string of the molecule is Cc1cc2c(cc1S(=O)(=O)Oc1cccc(C(=O)N/N=C\c3ccc(C#N)cc3)c1)OCO2.